The van der Waals surface area contributed by atoms with Crippen molar-refractivity contribution in [1.82, 2.24) is 5.32 Å². The fraction of sp³-hybridized carbons (Fsp3) is 0.562. The van der Waals surface area contributed by atoms with Crippen LogP contribution in [0.3, 0.4) is 0 Å². The van der Waals surface area contributed by atoms with Crippen LogP contribution >= 0.6 is 11.8 Å². The molecular formula is C16H22F2N2O2S. The van der Waals surface area contributed by atoms with E-state index >= 15 is 0 Å². The molecule has 23 heavy (non-hydrogen) atoms. The van der Waals surface area contributed by atoms with Crippen LogP contribution in [0.15, 0.2) is 24.3 Å². The molecule has 1 aliphatic rings. The Bertz CT molecular complexity index is 531. The number of benzene rings is 1. The first-order chi connectivity index (χ1) is 11.0. The minimum absolute atomic E-state index is 0.0337. The van der Waals surface area contributed by atoms with E-state index in [2.05, 4.69) is 10.1 Å². The second kappa shape index (κ2) is 8.38. The predicted octanol–water partition coefficient (Wildman–Crippen LogP) is 2.98. The highest BCUT2D eigenvalue weighted by molar-refractivity contribution is 7.98. The van der Waals surface area contributed by atoms with Gasteiger partial charge in [-0.1, -0.05) is 19.1 Å². The first-order valence-electron chi connectivity index (χ1n) is 7.59. The Balaban J connectivity index is 1.96. The van der Waals surface area contributed by atoms with Gasteiger partial charge in [-0.25, -0.2) is 0 Å². The summed E-state index contributed by atoms with van der Waals surface area (Å²) in [6.07, 6.45) is 2.77. The van der Waals surface area contributed by atoms with Crippen LogP contribution < -0.4 is 15.0 Å². The summed E-state index contributed by atoms with van der Waals surface area (Å²) >= 11 is 1.64. The van der Waals surface area contributed by atoms with E-state index in [0.29, 0.717) is 18.8 Å². The lowest BCUT2D eigenvalue weighted by atomic mass is 10.1. The lowest BCUT2D eigenvalue weighted by Crippen LogP contribution is -2.40. The molecule has 0 aromatic heterocycles. The zero-order valence-corrected chi connectivity index (χ0v) is 14.1. The molecule has 0 spiro atoms. The third kappa shape index (κ3) is 4.99. The summed E-state index contributed by atoms with van der Waals surface area (Å²) in [7, 11) is 0. The van der Waals surface area contributed by atoms with E-state index in [4.69, 9.17) is 0 Å². The second-order valence-electron chi connectivity index (χ2n) is 5.64. The highest BCUT2D eigenvalue weighted by atomic mass is 32.2. The fourth-order valence-electron chi connectivity index (χ4n) is 2.68. The van der Waals surface area contributed by atoms with Gasteiger partial charge in [-0.3, -0.25) is 4.79 Å². The van der Waals surface area contributed by atoms with Gasteiger partial charge in [-0.2, -0.15) is 20.5 Å². The van der Waals surface area contributed by atoms with Crippen LogP contribution in [0.5, 0.6) is 5.75 Å². The molecule has 4 nitrogen and oxygen atoms in total. The number of rotatable bonds is 7. The standard InChI is InChI=1S/C16H22F2N2O2S/c1-11(10-23-2)15(21)19-12-7-8-20(9-12)13-5-3-4-6-14(13)22-16(17)18/h3-6,11-12,16H,7-10H2,1-2H3,(H,19,21). The van der Waals surface area contributed by atoms with E-state index in [-0.39, 0.29) is 23.6 Å². The maximum absolute atomic E-state index is 12.5. The van der Waals surface area contributed by atoms with E-state index < -0.39 is 6.61 Å². The van der Waals surface area contributed by atoms with Crippen LogP contribution in [0.25, 0.3) is 0 Å². The van der Waals surface area contributed by atoms with Crippen LogP contribution in [-0.4, -0.2) is 43.7 Å². The molecule has 128 valence electrons. The Morgan fingerprint density at radius 1 is 1.48 bits per heavy atom. The number of alkyl halides is 2. The molecular weight excluding hydrogens is 322 g/mol. The molecule has 1 heterocycles. The molecule has 1 amide bonds. The zero-order valence-electron chi connectivity index (χ0n) is 13.3. The van der Waals surface area contributed by atoms with E-state index in [1.54, 1.807) is 30.0 Å². The van der Waals surface area contributed by atoms with Gasteiger partial charge in [0.25, 0.3) is 0 Å². The summed E-state index contributed by atoms with van der Waals surface area (Å²) in [6, 6.07) is 6.79. The molecule has 2 atom stereocenters. The van der Waals surface area contributed by atoms with Gasteiger partial charge in [0.15, 0.2) is 0 Å². The van der Waals surface area contributed by atoms with Gasteiger partial charge in [0.1, 0.15) is 5.75 Å². The third-order valence-electron chi connectivity index (χ3n) is 3.82. The number of carbonyl (C=O) groups excluding carboxylic acids is 1. The highest BCUT2D eigenvalue weighted by Crippen LogP contribution is 2.31. The maximum Gasteiger partial charge on any atom is 0.387 e. The van der Waals surface area contributed by atoms with Gasteiger partial charge < -0.3 is 15.0 Å². The number of nitrogens with zero attached hydrogens (tertiary/aromatic N) is 1. The number of hydrogen-bond donors (Lipinski definition) is 1. The summed E-state index contributed by atoms with van der Waals surface area (Å²) in [5, 5.41) is 3.04. The van der Waals surface area contributed by atoms with E-state index in [1.165, 1.54) is 6.07 Å². The Hall–Kier alpha value is -1.50. The van der Waals surface area contributed by atoms with Crippen LogP contribution in [-0.2, 0) is 4.79 Å². The molecule has 1 aliphatic heterocycles. The number of amides is 1. The molecule has 0 radical (unpaired) electrons. The molecule has 2 unspecified atom stereocenters. The van der Waals surface area contributed by atoms with Crippen molar-refractivity contribution in [1.29, 1.82) is 0 Å². The summed E-state index contributed by atoms with van der Waals surface area (Å²) in [5.74, 6) is 0.967. The Kier molecular flexibility index (Phi) is 6.50. The number of nitrogens with one attached hydrogen (secondary N) is 1. The number of halogens is 2. The van der Waals surface area contributed by atoms with Gasteiger partial charge in [-0.15, -0.1) is 0 Å². The number of para-hydroxylation sites is 2. The highest BCUT2D eigenvalue weighted by Gasteiger charge is 2.27. The lowest BCUT2D eigenvalue weighted by Gasteiger charge is -2.22. The summed E-state index contributed by atoms with van der Waals surface area (Å²) in [4.78, 5) is 14.1. The molecule has 1 fully saturated rings. The van der Waals surface area contributed by atoms with Crippen molar-refractivity contribution in [3.8, 4) is 5.75 Å². The molecule has 0 aliphatic carbocycles. The minimum Gasteiger partial charge on any atom is -0.433 e. The van der Waals surface area contributed by atoms with Crippen molar-refractivity contribution in [2.45, 2.75) is 26.0 Å². The van der Waals surface area contributed by atoms with Gasteiger partial charge >= 0.3 is 6.61 Å². The average Bonchev–Trinajstić information content (AvgIpc) is 2.95. The van der Waals surface area contributed by atoms with Crippen molar-refractivity contribution in [3.63, 3.8) is 0 Å². The number of hydrogen-bond acceptors (Lipinski definition) is 4. The molecule has 0 bridgehead atoms. The molecule has 7 heteroatoms. The topological polar surface area (TPSA) is 41.6 Å². The summed E-state index contributed by atoms with van der Waals surface area (Å²) in [5.41, 5.74) is 0.640. The molecule has 0 saturated carbocycles. The van der Waals surface area contributed by atoms with Crippen LogP contribution in [0.1, 0.15) is 13.3 Å². The average molecular weight is 344 g/mol. The molecule has 1 N–H and O–H groups in total. The first kappa shape index (κ1) is 17.8. The number of ether oxygens (including phenoxy) is 1. The Labute approximate surface area is 139 Å². The van der Waals surface area contributed by atoms with Crippen LogP contribution in [0, 0.1) is 5.92 Å². The lowest BCUT2D eigenvalue weighted by molar-refractivity contribution is -0.124. The van der Waals surface area contributed by atoms with E-state index in [0.717, 1.165) is 12.2 Å². The third-order valence-corrected chi connectivity index (χ3v) is 4.65. The van der Waals surface area contributed by atoms with Gasteiger partial charge in [0.2, 0.25) is 5.91 Å². The summed E-state index contributed by atoms with van der Waals surface area (Å²) < 4.78 is 29.6. The fourth-order valence-corrected chi connectivity index (χ4v) is 3.33. The molecule has 1 saturated heterocycles. The Morgan fingerprint density at radius 2 is 2.22 bits per heavy atom. The van der Waals surface area contributed by atoms with Crippen molar-refractivity contribution < 1.29 is 18.3 Å². The van der Waals surface area contributed by atoms with Gasteiger partial charge in [0.05, 0.1) is 5.69 Å². The van der Waals surface area contributed by atoms with Crippen LogP contribution in [0.2, 0.25) is 0 Å². The van der Waals surface area contributed by atoms with Crippen molar-refractivity contribution in [2.75, 3.05) is 30.0 Å². The van der Waals surface area contributed by atoms with Crippen molar-refractivity contribution in [3.05, 3.63) is 24.3 Å². The maximum atomic E-state index is 12.5. The van der Waals surface area contributed by atoms with E-state index in [9.17, 15) is 13.6 Å². The smallest absolute Gasteiger partial charge is 0.387 e. The van der Waals surface area contributed by atoms with Crippen molar-refractivity contribution >= 4 is 23.4 Å². The second-order valence-corrected chi connectivity index (χ2v) is 6.55. The Morgan fingerprint density at radius 3 is 2.91 bits per heavy atom. The number of carbonyl (C=O) groups is 1. The largest absolute Gasteiger partial charge is 0.433 e. The first-order valence-corrected chi connectivity index (χ1v) is 8.98. The quantitative estimate of drug-likeness (QED) is 0.826. The van der Waals surface area contributed by atoms with Gasteiger partial charge in [-0.05, 0) is 24.8 Å². The number of anilines is 1. The minimum atomic E-state index is -2.85. The normalized spacial score (nSPS) is 19.0. The number of thioether (sulfide) groups is 1. The summed E-state index contributed by atoms with van der Waals surface area (Å²) in [6.45, 7) is 0.360. The molecule has 1 aromatic rings. The van der Waals surface area contributed by atoms with Gasteiger partial charge in [0, 0.05) is 30.8 Å². The van der Waals surface area contributed by atoms with Crippen LogP contribution in [0.4, 0.5) is 14.5 Å². The van der Waals surface area contributed by atoms with E-state index in [1.807, 2.05) is 18.1 Å². The monoisotopic (exact) mass is 344 g/mol. The molecule has 2 rings (SSSR count). The SMILES string of the molecule is CSCC(C)C(=O)NC1CCN(c2ccccc2OC(F)F)C1. The van der Waals surface area contributed by atoms with Crippen molar-refractivity contribution in [2.24, 2.45) is 5.92 Å². The molecule has 1 aromatic carbocycles. The predicted molar refractivity (Wildman–Crippen MR) is 89.4 cm³/mol. The zero-order chi connectivity index (χ0) is 16.8.